The molecule has 28 heavy (non-hydrogen) atoms. The number of hydrogen-bond acceptors (Lipinski definition) is 5. The fourth-order valence-corrected chi connectivity index (χ4v) is 4.43. The first-order valence-corrected chi connectivity index (χ1v) is 11.2. The fraction of sp³-hybridized carbons (Fsp3) is 0.350. The number of thiophene rings is 1. The summed E-state index contributed by atoms with van der Waals surface area (Å²) in [4.78, 5) is 39.1. The number of amides is 3. The molecule has 3 amide bonds. The molecular formula is C20H23N3O3S2. The molecule has 0 bridgehead atoms. The molecule has 0 spiro atoms. The molecule has 1 saturated heterocycles. The molecule has 2 N–H and O–H groups in total. The summed E-state index contributed by atoms with van der Waals surface area (Å²) in [5.74, 6) is 1.64. The minimum absolute atomic E-state index is 0.0394. The number of thioether (sulfide) groups is 1. The highest BCUT2D eigenvalue weighted by Crippen LogP contribution is 2.19. The van der Waals surface area contributed by atoms with Crippen molar-refractivity contribution in [3.8, 4) is 0 Å². The molecule has 1 aliphatic rings. The largest absolute Gasteiger partial charge is 0.351 e. The van der Waals surface area contributed by atoms with Crippen molar-refractivity contribution in [2.45, 2.75) is 13.3 Å². The van der Waals surface area contributed by atoms with Crippen LogP contribution in [0.25, 0.3) is 0 Å². The molecular weight excluding hydrogens is 394 g/mol. The second-order valence-electron chi connectivity index (χ2n) is 6.47. The van der Waals surface area contributed by atoms with Gasteiger partial charge in [0.05, 0.1) is 4.88 Å². The summed E-state index contributed by atoms with van der Waals surface area (Å²) in [7, 11) is 0. The van der Waals surface area contributed by atoms with Crippen LogP contribution in [0.5, 0.6) is 0 Å². The van der Waals surface area contributed by atoms with Crippen molar-refractivity contribution in [1.29, 1.82) is 0 Å². The van der Waals surface area contributed by atoms with Gasteiger partial charge in [-0.3, -0.25) is 14.4 Å². The smallest absolute Gasteiger partial charge is 0.261 e. The maximum absolute atomic E-state index is 12.6. The maximum Gasteiger partial charge on any atom is 0.261 e. The van der Waals surface area contributed by atoms with E-state index in [2.05, 4.69) is 10.6 Å². The predicted molar refractivity (Wildman–Crippen MR) is 114 cm³/mol. The molecule has 3 rings (SSSR count). The van der Waals surface area contributed by atoms with Crippen LogP contribution in [-0.4, -0.2) is 53.8 Å². The van der Waals surface area contributed by atoms with Gasteiger partial charge in [-0.05, 0) is 42.1 Å². The first-order chi connectivity index (χ1) is 13.5. The molecule has 8 heteroatoms. The van der Waals surface area contributed by atoms with Gasteiger partial charge in [-0.15, -0.1) is 11.3 Å². The summed E-state index contributed by atoms with van der Waals surface area (Å²) >= 11 is 3.23. The lowest BCUT2D eigenvalue weighted by atomic mass is 10.1. The van der Waals surface area contributed by atoms with Crippen molar-refractivity contribution < 1.29 is 14.4 Å². The van der Waals surface area contributed by atoms with Gasteiger partial charge in [0.15, 0.2) is 0 Å². The quantitative estimate of drug-likeness (QED) is 0.757. The van der Waals surface area contributed by atoms with Gasteiger partial charge in [-0.1, -0.05) is 6.07 Å². The monoisotopic (exact) mass is 417 g/mol. The normalized spacial score (nSPS) is 13.8. The number of nitrogens with one attached hydrogen (secondary N) is 2. The highest BCUT2D eigenvalue weighted by Gasteiger charge is 2.19. The van der Waals surface area contributed by atoms with E-state index in [1.54, 1.807) is 18.2 Å². The van der Waals surface area contributed by atoms with Crippen molar-refractivity contribution >= 4 is 46.5 Å². The third kappa shape index (κ3) is 5.36. The number of rotatable bonds is 6. The van der Waals surface area contributed by atoms with Crippen LogP contribution in [0, 0.1) is 6.92 Å². The highest BCUT2D eigenvalue weighted by molar-refractivity contribution is 7.99. The SMILES string of the molecule is Cc1cc(C(=O)N2CCSCC2)ccc1NC(=O)CCNC(=O)c1cccs1. The van der Waals surface area contributed by atoms with Crippen LogP contribution in [0.15, 0.2) is 35.7 Å². The number of nitrogens with zero attached hydrogens (tertiary/aromatic N) is 1. The van der Waals surface area contributed by atoms with Crippen LogP contribution in [0.3, 0.4) is 0 Å². The summed E-state index contributed by atoms with van der Waals surface area (Å²) in [6.07, 6.45) is 0.183. The van der Waals surface area contributed by atoms with Gasteiger partial charge in [0.25, 0.3) is 11.8 Å². The number of carbonyl (C=O) groups excluding carboxylic acids is 3. The van der Waals surface area contributed by atoms with Crippen molar-refractivity contribution in [2.75, 3.05) is 36.5 Å². The molecule has 0 unspecified atom stereocenters. The van der Waals surface area contributed by atoms with Gasteiger partial charge < -0.3 is 15.5 Å². The number of hydrogen-bond donors (Lipinski definition) is 2. The number of anilines is 1. The molecule has 6 nitrogen and oxygen atoms in total. The highest BCUT2D eigenvalue weighted by atomic mass is 32.2. The molecule has 2 aromatic rings. The topological polar surface area (TPSA) is 78.5 Å². The fourth-order valence-electron chi connectivity index (χ4n) is 2.88. The standard InChI is InChI=1S/C20H23N3O3S2/c1-14-13-15(20(26)23-8-11-27-12-9-23)4-5-16(14)22-18(24)6-7-21-19(25)17-3-2-10-28-17/h2-5,10,13H,6-9,11-12H2,1H3,(H,21,25)(H,22,24). The molecule has 0 atom stereocenters. The Morgan fingerprint density at radius 2 is 1.93 bits per heavy atom. The van der Waals surface area contributed by atoms with Gasteiger partial charge >= 0.3 is 0 Å². The number of aryl methyl sites for hydroxylation is 1. The van der Waals surface area contributed by atoms with Crippen LogP contribution in [-0.2, 0) is 4.79 Å². The average Bonchev–Trinajstić information content (AvgIpc) is 3.24. The van der Waals surface area contributed by atoms with Crippen LogP contribution >= 0.6 is 23.1 Å². The summed E-state index contributed by atoms with van der Waals surface area (Å²) in [5.41, 5.74) is 2.17. The van der Waals surface area contributed by atoms with E-state index in [1.165, 1.54) is 11.3 Å². The average molecular weight is 418 g/mol. The predicted octanol–water partition coefficient (Wildman–Crippen LogP) is 3.00. The third-order valence-corrected chi connectivity index (χ3v) is 6.24. The summed E-state index contributed by atoms with van der Waals surface area (Å²) < 4.78 is 0. The Balaban J connectivity index is 1.50. The first-order valence-electron chi connectivity index (χ1n) is 9.14. The lowest BCUT2D eigenvalue weighted by molar-refractivity contribution is -0.116. The van der Waals surface area contributed by atoms with E-state index < -0.39 is 0 Å². The summed E-state index contributed by atoms with van der Waals surface area (Å²) in [6.45, 7) is 3.69. The molecule has 2 heterocycles. The minimum Gasteiger partial charge on any atom is -0.351 e. The molecule has 1 aromatic carbocycles. The Morgan fingerprint density at radius 3 is 2.61 bits per heavy atom. The van der Waals surface area contributed by atoms with E-state index in [0.29, 0.717) is 16.1 Å². The molecule has 1 aromatic heterocycles. The Hall–Kier alpha value is -2.32. The van der Waals surface area contributed by atoms with Crippen molar-refractivity contribution in [3.05, 3.63) is 51.7 Å². The van der Waals surface area contributed by atoms with Crippen molar-refractivity contribution in [3.63, 3.8) is 0 Å². The minimum atomic E-state index is -0.179. The molecule has 0 aliphatic carbocycles. The maximum atomic E-state index is 12.6. The molecule has 148 valence electrons. The van der Waals surface area contributed by atoms with Gasteiger partial charge in [-0.2, -0.15) is 11.8 Å². The van der Waals surface area contributed by atoms with Crippen molar-refractivity contribution in [1.82, 2.24) is 10.2 Å². The van der Waals surface area contributed by atoms with Gasteiger partial charge in [0.1, 0.15) is 0 Å². The zero-order valence-electron chi connectivity index (χ0n) is 15.7. The van der Waals surface area contributed by atoms with Gasteiger partial charge in [0, 0.05) is 48.8 Å². The Morgan fingerprint density at radius 1 is 1.14 bits per heavy atom. The Kier molecular flexibility index (Phi) is 7.11. The van der Waals surface area contributed by atoms with E-state index >= 15 is 0 Å². The van der Waals surface area contributed by atoms with E-state index in [0.717, 1.165) is 30.2 Å². The van der Waals surface area contributed by atoms with E-state index in [9.17, 15) is 14.4 Å². The number of carbonyl (C=O) groups is 3. The Labute approximate surface area is 172 Å². The van der Waals surface area contributed by atoms with E-state index in [-0.39, 0.29) is 30.7 Å². The van der Waals surface area contributed by atoms with Crippen LogP contribution in [0.2, 0.25) is 0 Å². The molecule has 0 saturated carbocycles. The zero-order chi connectivity index (χ0) is 19.9. The van der Waals surface area contributed by atoms with Crippen LogP contribution in [0.4, 0.5) is 5.69 Å². The van der Waals surface area contributed by atoms with Crippen LogP contribution in [0.1, 0.15) is 32.0 Å². The zero-order valence-corrected chi connectivity index (χ0v) is 17.3. The summed E-state index contributed by atoms with van der Waals surface area (Å²) in [6, 6.07) is 8.90. The second kappa shape index (κ2) is 9.75. The van der Waals surface area contributed by atoms with Gasteiger partial charge in [0.2, 0.25) is 5.91 Å². The summed E-state index contributed by atoms with van der Waals surface area (Å²) in [5, 5.41) is 7.42. The molecule has 1 fully saturated rings. The van der Waals surface area contributed by atoms with E-state index in [1.807, 2.05) is 41.1 Å². The second-order valence-corrected chi connectivity index (χ2v) is 8.64. The lowest BCUT2D eigenvalue weighted by Gasteiger charge is -2.26. The third-order valence-electron chi connectivity index (χ3n) is 4.43. The van der Waals surface area contributed by atoms with E-state index in [4.69, 9.17) is 0 Å². The molecule has 1 aliphatic heterocycles. The van der Waals surface area contributed by atoms with Crippen molar-refractivity contribution in [2.24, 2.45) is 0 Å². The number of benzene rings is 1. The Bertz CT molecular complexity index is 846. The van der Waals surface area contributed by atoms with Gasteiger partial charge in [-0.25, -0.2) is 0 Å². The van der Waals surface area contributed by atoms with Crippen LogP contribution < -0.4 is 10.6 Å². The first kappa shape index (κ1) is 20.4. The molecule has 0 radical (unpaired) electrons. The lowest BCUT2D eigenvalue weighted by Crippen LogP contribution is -2.37.